The van der Waals surface area contributed by atoms with Crippen molar-refractivity contribution in [3.63, 3.8) is 0 Å². The number of aliphatic hydroxyl groups excluding tert-OH is 1. The number of rotatable bonds is 1. The highest BCUT2D eigenvalue weighted by atomic mass is 16.3. The molecule has 1 fully saturated rings. The number of anilines is 1. The average Bonchev–Trinajstić information content (AvgIpc) is 2.86. The molecule has 0 aromatic heterocycles. The smallest absolute Gasteiger partial charge is 0.253 e. The van der Waals surface area contributed by atoms with E-state index >= 15 is 0 Å². The van der Waals surface area contributed by atoms with Gasteiger partial charge in [0.05, 0.1) is 6.10 Å². The standard InChI is InChI=1S/C14H18N2O2/c17-12-4-7-16(8-5-12)14(18)11-1-2-13-10(9-11)3-6-15-13/h1-2,9,12,15,17H,3-8H2. The number of hydrogen-bond donors (Lipinski definition) is 2. The Morgan fingerprint density at radius 3 is 2.89 bits per heavy atom. The predicted octanol–water partition coefficient (Wildman–Crippen LogP) is 1.25. The van der Waals surface area contributed by atoms with Crippen LogP contribution in [0.1, 0.15) is 28.8 Å². The molecule has 0 unspecified atom stereocenters. The first-order valence-corrected chi connectivity index (χ1v) is 6.58. The first-order chi connectivity index (χ1) is 8.74. The van der Waals surface area contributed by atoms with Gasteiger partial charge in [-0.25, -0.2) is 0 Å². The second-order valence-corrected chi connectivity index (χ2v) is 5.07. The van der Waals surface area contributed by atoms with Crippen molar-refractivity contribution >= 4 is 11.6 Å². The molecule has 0 atom stereocenters. The van der Waals surface area contributed by atoms with Gasteiger partial charge in [0.2, 0.25) is 0 Å². The topological polar surface area (TPSA) is 52.6 Å². The summed E-state index contributed by atoms with van der Waals surface area (Å²) in [6.07, 6.45) is 2.14. The van der Waals surface area contributed by atoms with E-state index in [4.69, 9.17) is 0 Å². The van der Waals surface area contributed by atoms with E-state index in [0.717, 1.165) is 24.2 Å². The van der Waals surface area contributed by atoms with Crippen LogP contribution in [0.5, 0.6) is 0 Å². The Bertz CT molecular complexity index is 465. The molecule has 0 radical (unpaired) electrons. The molecule has 0 spiro atoms. The summed E-state index contributed by atoms with van der Waals surface area (Å²) in [5.41, 5.74) is 3.16. The summed E-state index contributed by atoms with van der Waals surface area (Å²) in [6.45, 7) is 2.29. The van der Waals surface area contributed by atoms with E-state index in [1.54, 1.807) is 0 Å². The monoisotopic (exact) mass is 246 g/mol. The van der Waals surface area contributed by atoms with Crippen LogP contribution in [0.3, 0.4) is 0 Å². The first-order valence-electron chi connectivity index (χ1n) is 6.58. The summed E-state index contributed by atoms with van der Waals surface area (Å²) in [5, 5.41) is 12.8. The van der Waals surface area contributed by atoms with Crippen molar-refractivity contribution in [2.45, 2.75) is 25.4 Å². The Labute approximate surface area is 107 Å². The molecule has 2 N–H and O–H groups in total. The Morgan fingerprint density at radius 1 is 1.33 bits per heavy atom. The van der Waals surface area contributed by atoms with Crippen LogP contribution in [0, 0.1) is 0 Å². The highest BCUT2D eigenvalue weighted by molar-refractivity contribution is 5.95. The highest BCUT2D eigenvalue weighted by Gasteiger charge is 2.23. The number of carbonyl (C=O) groups is 1. The minimum Gasteiger partial charge on any atom is -0.393 e. The summed E-state index contributed by atoms with van der Waals surface area (Å²) in [7, 11) is 0. The number of carbonyl (C=O) groups excluding carboxylic acids is 1. The molecule has 0 bridgehead atoms. The zero-order valence-electron chi connectivity index (χ0n) is 10.4. The van der Waals surface area contributed by atoms with Crippen LogP contribution < -0.4 is 5.32 Å². The maximum absolute atomic E-state index is 12.3. The maximum atomic E-state index is 12.3. The van der Waals surface area contributed by atoms with E-state index in [-0.39, 0.29) is 12.0 Å². The number of nitrogens with one attached hydrogen (secondary N) is 1. The molecule has 2 heterocycles. The third-order valence-electron chi connectivity index (χ3n) is 3.81. The maximum Gasteiger partial charge on any atom is 0.253 e. The number of benzene rings is 1. The van der Waals surface area contributed by atoms with Crippen LogP contribution in [-0.4, -0.2) is 41.7 Å². The molecular weight excluding hydrogens is 228 g/mol. The quantitative estimate of drug-likeness (QED) is 0.784. The lowest BCUT2D eigenvalue weighted by Crippen LogP contribution is -2.40. The number of aliphatic hydroxyl groups is 1. The zero-order chi connectivity index (χ0) is 12.5. The number of piperidine rings is 1. The molecule has 1 amide bonds. The molecule has 0 aliphatic carbocycles. The summed E-state index contributed by atoms with van der Waals surface area (Å²) in [4.78, 5) is 14.2. The van der Waals surface area contributed by atoms with Crippen LogP contribution in [-0.2, 0) is 6.42 Å². The van der Waals surface area contributed by atoms with Crippen LogP contribution in [0.2, 0.25) is 0 Å². The molecule has 0 saturated carbocycles. The molecule has 2 aliphatic rings. The van der Waals surface area contributed by atoms with E-state index in [1.807, 2.05) is 23.1 Å². The van der Waals surface area contributed by atoms with E-state index in [2.05, 4.69) is 5.32 Å². The van der Waals surface area contributed by atoms with E-state index in [9.17, 15) is 9.90 Å². The number of nitrogens with zero attached hydrogens (tertiary/aromatic N) is 1. The summed E-state index contributed by atoms with van der Waals surface area (Å²) >= 11 is 0. The third-order valence-corrected chi connectivity index (χ3v) is 3.81. The Morgan fingerprint density at radius 2 is 2.11 bits per heavy atom. The van der Waals surface area contributed by atoms with Crippen molar-refractivity contribution in [2.24, 2.45) is 0 Å². The van der Waals surface area contributed by atoms with Crippen LogP contribution in [0.15, 0.2) is 18.2 Å². The summed E-state index contributed by atoms with van der Waals surface area (Å²) < 4.78 is 0. The number of likely N-dealkylation sites (tertiary alicyclic amines) is 1. The Balaban J connectivity index is 1.76. The predicted molar refractivity (Wildman–Crippen MR) is 69.8 cm³/mol. The van der Waals surface area contributed by atoms with Crippen molar-refractivity contribution in [1.29, 1.82) is 0 Å². The van der Waals surface area contributed by atoms with Crippen molar-refractivity contribution < 1.29 is 9.90 Å². The molecule has 3 rings (SSSR count). The van der Waals surface area contributed by atoms with Gasteiger partial charge in [-0.3, -0.25) is 4.79 Å². The molecule has 1 aromatic carbocycles. The van der Waals surface area contributed by atoms with Crippen molar-refractivity contribution in [3.05, 3.63) is 29.3 Å². The Kier molecular flexibility index (Phi) is 2.96. The van der Waals surface area contributed by atoms with E-state index < -0.39 is 0 Å². The van der Waals surface area contributed by atoms with Gasteiger partial charge >= 0.3 is 0 Å². The fourth-order valence-electron chi connectivity index (χ4n) is 2.69. The van der Waals surface area contributed by atoms with Gasteiger partial charge in [0, 0.05) is 30.9 Å². The minimum atomic E-state index is -0.238. The number of fused-ring (bicyclic) bond motifs is 1. The van der Waals surface area contributed by atoms with Crippen molar-refractivity contribution in [2.75, 3.05) is 25.0 Å². The van der Waals surface area contributed by atoms with Crippen LogP contribution in [0.25, 0.3) is 0 Å². The van der Waals surface area contributed by atoms with Gasteiger partial charge in [0.1, 0.15) is 0 Å². The lowest BCUT2D eigenvalue weighted by atomic mass is 10.0. The van der Waals surface area contributed by atoms with Gasteiger partial charge in [-0.2, -0.15) is 0 Å². The Hall–Kier alpha value is -1.55. The SMILES string of the molecule is O=C(c1ccc2c(c1)CCN2)N1CCC(O)CC1. The fourth-order valence-corrected chi connectivity index (χ4v) is 2.69. The number of amides is 1. The average molecular weight is 246 g/mol. The molecular formula is C14H18N2O2. The van der Waals surface area contributed by atoms with Crippen molar-refractivity contribution in [1.82, 2.24) is 4.90 Å². The van der Waals surface area contributed by atoms with Crippen molar-refractivity contribution in [3.8, 4) is 0 Å². The largest absolute Gasteiger partial charge is 0.393 e. The van der Waals surface area contributed by atoms with Gasteiger partial charge in [-0.15, -0.1) is 0 Å². The minimum absolute atomic E-state index is 0.0941. The molecule has 2 aliphatic heterocycles. The normalized spacial score (nSPS) is 19.5. The van der Waals surface area contributed by atoms with Crippen LogP contribution >= 0.6 is 0 Å². The fraction of sp³-hybridized carbons (Fsp3) is 0.500. The lowest BCUT2D eigenvalue weighted by Gasteiger charge is -2.29. The second-order valence-electron chi connectivity index (χ2n) is 5.07. The van der Waals surface area contributed by atoms with Crippen LogP contribution in [0.4, 0.5) is 5.69 Å². The zero-order valence-corrected chi connectivity index (χ0v) is 10.4. The summed E-state index contributed by atoms with van der Waals surface area (Å²) in [5.74, 6) is 0.0941. The third kappa shape index (κ3) is 2.08. The molecule has 18 heavy (non-hydrogen) atoms. The van der Waals surface area contributed by atoms with E-state index in [1.165, 1.54) is 5.56 Å². The molecule has 96 valence electrons. The highest BCUT2D eigenvalue weighted by Crippen LogP contribution is 2.24. The van der Waals surface area contributed by atoms with Gasteiger partial charge in [-0.05, 0) is 43.0 Å². The van der Waals surface area contributed by atoms with E-state index in [0.29, 0.717) is 25.9 Å². The molecule has 4 heteroatoms. The van der Waals surface area contributed by atoms with Gasteiger partial charge < -0.3 is 15.3 Å². The molecule has 1 aromatic rings. The molecule has 1 saturated heterocycles. The van der Waals surface area contributed by atoms with Gasteiger partial charge in [0.15, 0.2) is 0 Å². The second kappa shape index (κ2) is 4.61. The lowest BCUT2D eigenvalue weighted by molar-refractivity contribution is 0.0546. The first kappa shape index (κ1) is 11.5. The van der Waals surface area contributed by atoms with Gasteiger partial charge in [-0.1, -0.05) is 0 Å². The van der Waals surface area contributed by atoms with Gasteiger partial charge in [0.25, 0.3) is 5.91 Å². The summed E-state index contributed by atoms with van der Waals surface area (Å²) in [6, 6.07) is 5.89. The number of hydrogen-bond acceptors (Lipinski definition) is 3. The molecule has 4 nitrogen and oxygen atoms in total.